The number of aryl methyl sites for hydroxylation is 2. The van der Waals surface area contributed by atoms with E-state index in [1.807, 2.05) is 57.3 Å². The number of carbonyl (C=O) groups is 2. The molecule has 4 rings (SSSR count). The Balaban J connectivity index is 1.34. The van der Waals surface area contributed by atoms with Gasteiger partial charge in [0.15, 0.2) is 6.61 Å². The molecule has 8 heteroatoms. The maximum Gasteiger partial charge on any atom is 0.262 e. The van der Waals surface area contributed by atoms with E-state index in [1.54, 1.807) is 12.1 Å². The molecular weight excluding hydrogens is 456 g/mol. The highest BCUT2D eigenvalue weighted by Gasteiger charge is 2.25. The summed E-state index contributed by atoms with van der Waals surface area (Å²) < 4.78 is 11.4. The molecule has 1 atom stereocenters. The Bertz CT molecular complexity index is 1190. The van der Waals surface area contributed by atoms with Gasteiger partial charge in [-0.2, -0.15) is 0 Å². The number of amides is 2. The third-order valence-electron chi connectivity index (χ3n) is 6.43. The standard InChI is InChI=1S/C28H34N4O4/c1-19-11-13-23(14-12-19)35-18-26(33)30-22-9-7-8-21(16-22)28-31-24(20(2)36-28)17-29-27(34)25-10-5-4-6-15-32(25)3/h7-9,11-14,16,25H,4-6,10,15,17-18H2,1-3H3,(H,29,34)(H,30,33). The molecule has 3 aromatic rings. The number of hydrogen-bond acceptors (Lipinski definition) is 6. The van der Waals surface area contributed by atoms with Crippen LogP contribution in [0, 0.1) is 13.8 Å². The number of nitrogens with zero attached hydrogens (tertiary/aromatic N) is 2. The molecule has 1 aliphatic rings. The van der Waals surface area contributed by atoms with E-state index >= 15 is 0 Å². The predicted molar refractivity (Wildman–Crippen MR) is 139 cm³/mol. The van der Waals surface area contributed by atoms with E-state index in [2.05, 4.69) is 20.5 Å². The first-order chi connectivity index (χ1) is 17.4. The van der Waals surface area contributed by atoms with Crippen molar-refractivity contribution in [3.05, 3.63) is 65.5 Å². The molecule has 0 radical (unpaired) electrons. The summed E-state index contributed by atoms with van der Waals surface area (Å²) in [5, 5.41) is 5.87. The number of aromatic nitrogens is 1. The first-order valence-corrected chi connectivity index (χ1v) is 12.4. The molecule has 2 aromatic carbocycles. The molecule has 2 N–H and O–H groups in total. The largest absolute Gasteiger partial charge is 0.484 e. The second-order valence-corrected chi connectivity index (χ2v) is 9.32. The second kappa shape index (κ2) is 11.9. The number of nitrogens with one attached hydrogen (secondary N) is 2. The van der Waals surface area contributed by atoms with Gasteiger partial charge < -0.3 is 19.8 Å². The summed E-state index contributed by atoms with van der Waals surface area (Å²) in [6.07, 6.45) is 4.24. The van der Waals surface area contributed by atoms with Crippen molar-refractivity contribution in [3.8, 4) is 17.2 Å². The van der Waals surface area contributed by atoms with Crippen LogP contribution in [0.3, 0.4) is 0 Å². The lowest BCUT2D eigenvalue weighted by Crippen LogP contribution is -2.44. The van der Waals surface area contributed by atoms with Gasteiger partial charge >= 0.3 is 0 Å². The summed E-state index contributed by atoms with van der Waals surface area (Å²) in [5.41, 5.74) is 3.17. The Morgan fingerprint density at radius 1 is 1.11 bits per heavy atom. The number of hydrogen-bond donors (Lipinski definition) is 2. The monoisotopic (exact) mass is 490 g/mol. The van der Waals surface area contributed by atoms with E-state index < -0.39 is 0 Å². The van der Waals surface area contributed by atoms with Crippen LogP contribution in [0.4, 0.5) is 5.69 Å². The molecule has 2 heterocycles. The first-order valence-electron chi connectivity index (χ1n) is 12.4. The van der Waals surface area contributed by atoms with Crippen molar-refractivity contribution in [2.75, 3.05) is 25.5 Å². The van der Waals surface area contributed by atoms with Gasteiger partial charge in [-0.05, 0) is 70.6 Å². The number of likely N-dealkylation sites (N-methyl/N-ethyl adjacent to an activating group) is 1. The molecule has 2 amide bonds. The topological polar surface area (TPSA) is 96.7 Å². The number of rotatable bonds is 8. The van der Waals surface area contributed by atoms with Gasteiger partial charge in [-0.1, -0.05) is 36.6 Å². The van der Waals surface area contributed by atoms with Gasteiger partial charge in [-0.3, -0.25) is 14.5 Å². The van der Waals surface area contributed by atoms with Crippen LogP contribution < -0.4 is 15.4 Å². The summed E-state index contributed by atoms with van der Waals surface area (Å²) in [5.74, 6) is 1.50. The molecule has 1 aromatic heterocycles. The Kier molecular flexibility index (Phi) is 8.38. The molecule has 1 fully saturated rings. The zero-order valence-corrected chi connectivity index (χ0v) is 21.2. The van der Waals surface area contributed by atoms with Crippen LogP contribution in [-0.4, -0.2) is 47.9 Å². The second-order valence-electron chi connectivity index (χ2n) is 9.32. The SMILES string of the molecule is Cc1ccc(OCC(=O)Nc2cccc(-c3nc(CNC(=O)C4CCCCCN4C)c(C)o3)c2)cc1. The Hall–Kier alpha value is -3.65. The quantitative estimate of drug-likeness (QED) is 0.484. The Labute approximate surface area is 212 Å². The van der Waals surface area contributed by atoms with Gasteiger partial charge in [0, 0.05) is 11.3 Å². The zero-order chi connectivity index (χ0) is 25.5. The van der Waals surface area contributed by atoms with E-state index in [-0.39, 0.29) is 24.5 Å². The molecule has 0 saturated carbocycles. The number of carbonyl (C=O) groups excluding carboxylic acids is 2. The van der Waals surface area contributed by atoms with Crippen molar-refractivity contribution in [1.29, 1.82) is 0 Å². The van der Waals surface area contributed by atoms with Gasteiger partial charge in [0.1, 0.15) is 17.2 Å². The van der Waals surface area contributed by atoms with Gasteiger partial charge in [0.05, 0.1) is 12.6 Å². The lowest BCUT2D eigenvalue weighted by atomic mass is 10.1. The van der Waals surface area contributed by atoms with E-state index in [0.29, 0.717) is 35.3 Å². The fourth-order valence-electron chi connectivity index (χ4n) is 4.30. The third-order valence-corrected chi connectivity index (χ3v) is 6.43. The molecule has 190 valence electrons. The summed E-state index contributed by atoms with van der Waals surface area (Å²) in [6.45, 7) is 4.99. The number of benzene rings is 2. The van der Waals surface area contributed by atoms with Gasteiger partial charge in [-0.15, -0.1) is 0 Å². The highest BCUT2D eigenvalue weighted by molar-refractivity contribution is 5.92. The number of oxazole rings is 1. The summed E-state index contributed by atoms with van der Waals surface area (Å²) in [7, 11) is 2.01. The van der Waals surface area contributed by atoms with Crippen LogP contribution in [-0.2, 0) is 16.1 Å². The van der Waals surface area contributed by atoms with Crippen molar-refractivity contribution >= 4 is 17.5 Å². The van der Waals surface area contributed by atoms with E-state index in [0.717, 1.165) is 36.9 Å². The highest BCUT2D eigenvalue weighted by atomic mass is 16.5. The lowest BCUT2D eigenvalue weighted by Gasteiger charge is -2.24. The molecule has 1 unspecified atom stereocenters. The van der Waals surface area contributed by atoms with Gasteiger partial charge in [0.2, 0.25) is 11.8 Å². The van der Waals surface area contributed by atoms with Crippen LogP contribution in [0.1, 0.15) is 42.7 Å². The molecule has 0 bridgehead atoms. The minimum atomic E-state index is -0.261. The van der Waals surface area contributed by atoms with Crippen LogP contribution in [0.25, 0.3) is 11.5 Å². The van der Waals surface area contributed by atoms with Crippen LogP contribution >= 0.6 is 0 Å². The average molecular weight is 491 g/mol. The average Bonchev–Trinajstić information content (AvgIpc) is 3.10. The molecule has 36 heavy (non-hydrogen) atoms. The summed E-state index contributed by atoms with van der Waals surface area (Å²) in [4.78, 5) is 31.9. The van der Waals surface area contributed by atoms with Crippen LogP contribution in [0.5, 0.6) is 5.75 Å². The van der Waals surface area contributed by atoms with Crippen LogP contribution in [0.15, 0.2) is 52.9 Å². The number of ether oxygens (including phenoxy) is 1. The van der Waals surface area contributed by atoms with Crippen molar-refractivity contribution in [2.24, 2.45) is 0 Å². The minimum Gasteiger partial charge on any atom is -0.484 e. The smallest absolute Gasteiger partial charge is 0.262 e. The van der Waals surface area contributed by atoms with Crippen LogP contribution in [0.2, 0.25) is 0 Å². The molecule has 0 aliphatic carbocycles. The minimum absolute atomic E-state index is 0.0286. The van der Waals surface area contributed by atoms with E-state index in [4.69, 9.17) is 9.15 Å². The molecule has 1 saturated heterocycles. The van der Waals surface area contributed by atoms with E-state index in [9.17, 15) is 9.59 Å². The van der Waals surface area contributed by atoms with E-state index in [1.165, 1.54) is 6.42 Å². The normalized spacial score (nSPS) is 16.2. The maximum absolute atomic E-state index is 12.8. The number of anilines is 1. The highest BCUT2D eigenvalue weighted by Crippen LogP contribution is 2.25. The third kappa shape index (κ3) is 6.73. The van der Waals surface area contributed by atoms with Gasteiger partial charge in [-0.25, -0.2) is 4.98 Å². The Morgan fingerprint density at radius 2 is 1.92 bits per heavy atom. The molecule has 1 aliphatic heterocycles. The Morgan fingerprint density at radius 3 is 2.72 bits per heavy atom. The fourth-order valence-corrected chi connectivity index (χ4v) is 4.30. The van der Waals surface area contributed by atoms with Crippen molar-refractivity contribution in [1.82, 2.24) is 15.2 Å². The predicted octanol–water partition coefficient (Wildman–Crippen LogP) is 4.47. The van der Waals surface area contributed by atoms with Crippen molar-refractivity contribution in [2.45, 2.75) is 52.1 Å². The maximum atomic E-state index is 12.8. The summed E-state index contributed by atoms with van der Waals surface area (Å²) >= 11 is 0. The zero-order valence-electron chi connectivity index (χ0n) is 21.2. The molecule has 0 spiro atoms. The molecular formula is C28H34N4O4. The molecule has 8 nitrogen and oxygen atoms in total. The number of likely N-dealkylation sites (tertiary alicyclic amines) is 1. The first kappa shape index (κ1) is 25.4. The van der Waals surface area contributed by atoms with Crippen molar-refractivity contribution in [3.63, 3.8) is 0 Å². The lowest BCUT2D eigenvalue weighted by molar-refractivity contribution is -0.126. The van der Waals surface area contributed by atoms with Crippen molar-refractivity contribution < 1.29 is 18.7 Å². The summed E-state index contributed by atoms with van der Waals surface area (Å²) in [6, 6.07) is 14.7. The van der Waals surface area contributed by atoms with Gasteiger partial charge in [0.25, 0.3) is 5.91 Å². The fraction of sp³-hybridized carbons (Fsp3) is 0.393.